The van der Waals surface area contributed by atoms with E-state index in [0.29, 0.717) is 0 Å². The Morgan fingerprint density at radius 2 is 1.57 bits per heavy atom. The first-order chi connectivity index (χ1) is 11.3. The van der Waals surface area contributed by atoms with Gasteiger partial charge in [-0.05, 0) is 35.4 Å². The molecule has 0 aliphatic carbocycles. The largest absolute Gasteiger partial charge is 0.312 e. The maximum atomic E-state index is 6.07. The van der Waals surface area contributed by atoms with Gasteiger partial charge in [0, 0.05) is 10.6 Å². The lowest BCUT2D eigenvalue weighted by Crippen LogP contribution is -2.07. The van der Waals surface area contributed by atoms with Crippen molar-refractivity contribution >= 4 is 22.6 Å². The van der Waals surface area contributed by atoms with Crippen LogP contribution >= 0.6 is 11.6 Å². The van der Waals surface area contributed by atoms with Crippen LogP contribution in [-0.2, 0) is 0 Å². The highest BCUT2D eigenvalue weighted by Gasteiger charge is 2.32. The zero-order valence-electron chi connectivity index (χ0n) is 12.3. The third-order valence-corrected chi connectivity index (χ3v) is 4.79. The second-order valence-electron chi connectivity index (χ2n) is 5.84. The van der Waals surface area contributed by atoms with Gasteiger partial charge >= 0.3 is 0 Å². The van der Waals surface area contributed by atoms with Gasteiger partial charge < -0.3 is 4.57 Å². The summed E-state index contributed by atoms with van der Waals surface area (Å²) in [4.78, 5) is 4.86. The number of halogens is 1. The molecule has 110 valence electrons. The van der Waals surface area contributed by atoms with Gasteiger partial charge in [0.2, 0.25) is 0 Å². The van der Waals surface area contributed by atoms with Crippen LogP contribution in [-0.4, -0.2) is 9.55 Å². The molecule has 4 aromatic rings. The highest BCUT2D eigenvalue weighted by Crippen LogP contribution is 2.44. The van der Waals surface area contributed by atoms with Gasteiger partial charge in [-0.25, -0.2) is 4.98 Å². The molecule has 1 aliphatic rings. The molecule has 0 N–H and O–H groups in total. The fraction of sp³-hybridized carbons (Fsp3) is 0.0500. The van der Waals surface area contributed by atoms with Crippen molar-refractivity contribution in [3.05, 3.63) is 88.9 Å². The Bertz CT molecular complexity index is 1030. The average Bonchev–Trinajstić information content (AvgIpc) is 3.11. The minimum absolute atomic E-state index is 0.144. The maximum Gasteiger partial charge on any atom is 0.142 e. The molecule has 0 saturated heterocycles. The summed E-state index contributed by atoms with van der Waals surface area (Å²) >= 11 is 6.07. The van der Waals surface area contributed by atoms with Crippen molar-refractivity contribution in [2.24, 2.45) is 0 Å². The number of nitrogens with zero attached hydrogens (tertiary/aromatic N) is 2. The van der Waals surface area contributed by atoms with Crippen molar-refractivity contribution in [3.8, 4) is 11.4 Å². The van der Waals surface area contributed by atoms with Crippen molar-refractivity contribution in [1.29, 1.82) is 0 Å². The molecular weight excluding hydrogens is 304 g/mol. The predicted octanol–water partition coefficient (Wildman–Crippen LogP) is 5.31. The van der Waals surface area contributed by atoms with Crippen LogP contribution in [0.15, 0.2) is 72.8 Å². The molecule has 3 heteroatoms. The molecule has 0 bridgehead atoms. The van der Waals surface area contributed by atoms with E-state index in [9.17, 15) is 0 Å². The van der Waals surface area contributed by atoms with Crippen LogP contribution < -0.4 is 0 Å². The molecule has 5 rings (SSSR count). The van der Waals surface area contributed by atoms with Crippen molar-refractivity contribution in [2.75, 3.05) is 0 Å². The Morgan fingerprint density at radius 1 is 0.826 bits per heavy atom. The molecule has 0 saturated carbocycles. The lowest BCUT2D eigenvalue weighted by atomic mass is 9.97. The van der Waals surface area contributed by atoms with Crippen molar-refractivity contribution < 1.29 is 0 Å². The second-order valence-corrected chi connectivity index (χ2v) is 6.27. The van der Waals surface area contributed by atoms with E-state index in [0.717, 1.165) is 16.4 Å². The van der Waals surface area contributed by atoms with E-state index in [4.69, 9.17) is 16.6 Å². The van der Waals surface area contributed by atoms with Gasteiger partial charge in [-0.15, -0.1) is 0 Å². The first-order valence-electron chi connectivity index (χ1n) is 7.65. The average molecular weight is 317 g/mol. The summed E-state index contributed by atoms with van der Waals surface area (Å²) in [6.45, 7) is 0. The molecule has 0 fully saturated rings. The first-order valence-corrected chi connectivity index (χ1v) is 8.02. The van der Waals surface area contributed by atoms with E-state index >= 15 is 0 Å². The molecule has 0 amide bonds. The zero-order valence-corrected chi connectivity index (χ0v) is 13.0. The van der Waals surface area contributed by atoms with Gasteiger partial charge in [-0.2, -0.15) is 0 Å². The minimum Gasteiger partial charge on any atom is -0.312 e. The van der Waals surface area contributed by atoms with Gasteiger partial charge in [0.05, 0.1) is 17.1 Å². The summed E-state index contributed by atoms with van der Waals surface area (Å²) in [6.07, 6.45) is 0. The number of benzene rings is 3. The van der Waals surface area contributed by atoms with E-state index in [1.54, 1.807) is 0 Å². The molecule has 3 aromatic carbocycles. The summed E-state index contributed by atoms with van der Waals surface area (Å²) in [7, 11) is 0. The van der Waals surface area contributed by atoms with Gasteiger partial charge in [0.15, 0.2) is 0 Å². The van der Waals surface area contributed by atoms with Crippen LogP contribution in [0.2, 0.25) is 5.02 Å². The Kier molecular flexibility index (Phi) is 2.64. The molecule has 0 radical (unpaired) electrons. The SMILES string of the molecule is Clc1ccc([C@H]2c3ccccc3-c3nc4ccccc4n32)cc1. The Balaban J connectivity index is 1.86. The topological polar surface area (TPSA) is 17.8 Å². The highest BCUT2D eigenvalue weighted by atomic mass is 35.5. The van der Waals surface area contributed by atoms with E-state index in [1.807, 2.05) is 18.2 Å². The number of hydrogen-bond acceptors (Lipinski definition) is 1. The van der Waals surface area contributed by atoms with E-state index in [-0.39, 0.29) is 6.04 Å². The lowest BCUT2D eigenvalue weighted by Gasteiger charge is -2.16. The van der Waals surface area contributed by atoms with Crippen LogP contribution in [0.3, 0.4) is 0 Å². The van der Waals surface area contributed by atoms with Gasteiger partial charge in [-0.3, -0.25) is 0 Å². The Labute approximate surface area is 139 Å². The number of imidazole rings is 1. The van der Waals surface area contributed by atoms with Gasteiger partial charge in [0.1, 0.15) is 5.82 Å². The Hall–Kier alpha value is -2.58. The first kappa shape index (κ1) is 12.9. The monoisotopic (exact) mass is 316 g/mol. The standard InChI is InChI=1S/C20H13ClN2/c21-14-11-9-13(10-12-14)19-15-5-1-2-6-16(15)20-22-17-7-3-4-8-18(17)23(19)20/h1-12,19H/t19-/m0/s1. The van der Waals surface area contributed by atoms with Crippen LogP contribution in [0.4, 0.5) is 0 Å². The third-order valence-electron chi connectivity index (χ3n) is 4.54. The summed E-state index contributed by atoms with van der Waals surface area (Å²) < 4.78 is 2.34. The van der Waals surface area contributed by atoms with Crippen LogP contribution in [0.25, 0.3) is 22.4 Å². The molecular formula is C20H13ClN2. The number of para-hydroxylation sites is 2. The lowest BCUT2D eigenvalue weighted by molar-refractivity contribution is 0.739. The molecule has 23 heavy (non-hydrogen) atoms. The number of rotatable bonds is 1. The normalized spacial score (nSPS) is 15.6. The van der Waals surface area contributed by atoms with E-state index < -0.39 is 0 Å². The predicted molar refractivity (Wildman–Crippen MR) is 93.9 cm³/mol. The minimum atomic E-state index is 0.144. The number of fused-ring (bicyclic) bond motifs is 5. The maximum absolute atomic E-state index is 6.07. The number of hydrogen-bond donors (Lipinski definition) is 0. The van der Waals surface area contributed by atoms with Crippen LogP contribution in [0.5, 0.6) is 0 Å². The zero-order chi connectivity index (χ0) is 15.4. The molecule has 1 atom stereocenters. The molecule has 1 aliphatic heterocycles. The smallest absolute Gasteiger partial charge is 0.142 e. The molecule has 1 aromatic heterocycles. The Morgan fingerprint density at radius 3 is 2.43 bits per heavy atom. The van der Waals surface area contributed by atoms with Crippen molar-refractivity contribution in [3.63, 3.8) is 0 Å². The molecule has 2 heterocycles. The quantitative estimate of drug-likeness (QED) is 0.410. The van der Waals surface area contributed by atoms with Crippen molar-refractivity contribution in [2.45, 2.75) is 6.04 Å². The summed E-state index contributed by atoms with van der Waals surface area (Å²) in [5.41, 5.74) is 5.94. The second kappa shape index (κ2) is 4.71. The van der Waals surface area contributed by atoms with Crippen LogP contribution in [0, 0.1) is 0 Å². The highest BCUT2D eigenvalue weighted by molar-refractivity contribution is 6.30. The van der Waals surface area contributed by atoms with E-state index in [1.165, 1.54) is 22.2 Å². The fourth-order valence-electron chi connectivity index (χ4n) is 3.55. The summed E-state index contributed by atoms with van der Waals surface area (Å²) in [6, 6.07) is 25.1. The molecule has 0 unspecified atom stereocenters. The third kappa shape index (κ3) is 1.79. The fourth-order valence-corrected chi connectivity index (χ4v) is 3.67. The molecule has 2 nitrogen and oxygen atoms in total. The van der Waals surface area contributed by atoms with Gasteiger partial charge in [-0.1, -0.05) is 60.1 Å². The van der Waals surface area contributed by atoms with Gasteiger partial charge in [0.25, 0.3) is 0 Å². The van der Waals surface area contributed by atoms with E-state index in [2.05, 4.69) is 59.2 Å². The summed E-state index contributed by atoms with van der Waals surface area (Å²) in [5, 5.41) is 0.760. The van der Waals surface area contributed by atoms with Crippen molar-refractivity contribution in [1.82, 2.24) is 9.55 Å². The van der Waals surface area contributed by atoms with Crippen LogP contribution in [0.1, 0.15) is 17.2 Å². The molecule has 0 spiro atoms. The summed E-state index contributed by atoms with van der Waals surface area (Å²) in [5.74, 6) is 1.04. The number of aromatic nitrogens is 2.